The van der Waals surface area contributed by atoms with Gasteiger partial charge in [-0.15, -0.1) is 0 Å². The summed E-state index contributed by atoms with van der Waals surface area (Å²) in [5.74, 6) is 0. The smallest absolute Gasteiger partial charge is 0.0845 e. The molecule has 1 nitrogen and oxygen atoms in total. The summed E-state index contributed by atoms with van der Waals surface area (Å²) in [5, 5.41) is 10.5. The minimum atomic E-state index is -1.62. The van der Waals surface area contributed by atoms with Crippen LogP contribution in [0.3, 0.4) is 0 Å². The summed E-state index contributed by atoms with van der Waals surface area (Å²) in [5.41, 5.74) is 2.18. The fourth-order valence-corrected chi connectivity index (χ4v) is 19.4. The van der Waals surface area contributed by atoms with E-state index in [4.69, 9.17) is 0 Å². The molecule has 21 heavy (non-hydrogen) atoms. The first-order chi connectivity index (χ1) is 9.42. The zero-order chi connectivity index (χ0) is 17.0. The average molecular weight is 329 g/mol. The molecule has 3 heteroatoms. The molecule has 0 saturated heterocycles. The van der Waals surface area contributed by atoms with Gasteiger partial charge in [-0.1, -0.05) is 85.4 Å². The highest BCUT2D eigenvalue weighted by Gasteiger charge is 2.49. The van der Waals surface area contributed by atoms with Gasteiger partial charge in [-0.25, -0.2) is 0 Å². The van der Waals surface area contributed by atoms with E-state index in [1.165, 1.54) is 0 Å². The Kier molecular flexibility index (Phi) is 8.17. The van der Waals surface area contributed by atoms with Crippen molar-refractivity contribution < 1.29 is 5.11 Å². The lowest BCUT2D eigenvalue weighted by atomic mass is 10.2. The highest BCUT2D eigenvalue weighted by Crippen LogP contribution is 2.49. The van der Waals surface area contributed by atoms with Crippen molar-refractivity contribution in [3.05, 3.63) is 10.9 Å². The van der Waals surface area contributed by atoms with Gasteiger partial charge < -0.3 is 5.11 Å². The van der Waals surface area contributed by atoms with E-state index in [0.717, 1.165) is 29.5 Å². The van der Waals surface area contributed by atoms with Crippen LogP contribution in [-0.4, -0.2) is 27.4 Å². The molecule has 0 bridgehead atoms. The predicted octanol–water partition coefficient (Wildman–Crippen LogP) is 6.17. The maximum absolute atomic E-state index is 10.5. The number of hydrogen-bond acceptors (Lipinski definition) is 1. The molecule has 0 aliphatic carbocycles. The van der Waals surface area contributed by atoms with Crippen LogP contribution >= 0.6 is 0 Å². The Morgan fingerprint density at radius 1 is 0.905 bits per heavy atom. The van der Waals surface area contributed by atoms with Crippen LogP contribution in [-0.2, 0) is 0 Å². The normalized spacial score (nSPS) is 16.2. The van der Waals surface area contributed by atoms with E-state index in [1.54, 1.807) is 4.82 Å². The zero-order valence-corrected chi connectivity index (χ0v) is 18.2. The molecule has 1 atom stereocenters. The Morgan fingerprint density at radius 2 is 1.29 bits per heavy atom. The second-order valence-electron chi connectivity index (χ2n) is 8.58. The first kappa shape index (κ1) is 21.1. The van der Waals surface area contributed by atoms with Crippen molar-refractivity contribution in [2.24, 2.45) is 0 Å². The maximum atomic E-state index is 10.5. The zero-order valence-electron chi connectivity index (χ0n) is 16.2. The summed E-state index contributed by atoms with van der Waals surface area (Å²) in [4.78, 5) is 1.72. The Morgan fingerprint density at radius 3 is 1.52 bits per heavy atom. The Balaban J connectivity index is 6.18. The topological polar surface area (TPSA) is 20.2 Å². The fourth-order valence-electron chi connectivity index (χ4n) is 4.55. The molecule has 0 aromatic rings. The molecule has 0 saturated carbocycles. The van der Waals surface area contributed by atoms with Crippen molar-refractivity contribution >= 4 is 16.1 Å². The molecule has 0 amide bonds. The lowest BCUT2D eigenvalue weighted by Crippen LogP contribution is -2.54. The molecule has 0 aliphatic rings. The van der Waals surface area contributed by atoms with Crippen molar-refractivity contribution in [2.75, 3.05) is 0 Å². The minimum Gasteiger partial charge on any atom is -0.389 e. The predicted molar refractivity (Wildman–Crippen MR) is 103 cm³/mol. The molecule has 0 fully saturated rings. The van der Waals surface area contributed by atoms with E-state index in [2.05, 4.69) is 74.2 Å². The Bertz CT molecular complexity index is 316. The molecule has 0 aromatic carbocycles. The van der Waals surface area contributed by atoms with Crippen molar-refractivity contribution in [3.8, 4) is 0 Å². The second-order valence-corrected chi connectivity index (χ2v) is 20.0. The van der Waals surface area contributed by atoms with Crippen LogP contribution in [0.4, 0.5) is 0 Å². The molecule has 0 radical (unpaired) electrons. The van der Waals surface area contributed by atoms with Gasteiger partial charge in [0.2, 0.25) is 0 Å². The van der Waals surface area contributed by atoms with Crippen LogP contribution < -0.4 is 0 Å². The molecule has 1 N–H and O–H groups in total. The van der Waals surface area contributed by atoms with Crippen molar-refractivity contribution in [1.82, 2.24) is 0 Å². The van der Waals surface area contributed by atoms with Crippen LogP contribution in [0.1, 0.15) is 61.3 Å². The molecular formula is C18H40OSi2. The van der Waals surface area contributed by atoms with Gasteiger partial charge >= 0.3 is 0 Å². The van der Waals surface area contributed by atoms with Crippen LogP contribution in [0.2, 0.25) is 36.3 Å². The quantitative estimate of drug-likeness (QED) is 0.528. The van der Waals surface area contributed by atoms with Crippen LogP contribution in [0.5, 0.6) is 0 Å². The molecule has 0 spiro atoms. The van der Waals surface area contributed by atoms with Crippen molar-refractivity contribution in [2.45, 2.75) is 104 Å². The molecular weight excluding hydrogens is 288 g/mol. The number of rotatable bonds is 8. The number of hydrogen-bond donors (Lipinski definition) is 1. The molecule has 0 aliphatic heterocycles. The van der Waals surface area contributed by atoms with Gasteiger partial charge in [-0.2, -0.15) is 0 Å². The Labute approximate surface area is 136 Å². The van der Waals surface area contributed by atoms with Gasteiger partial charge in [0.1, 0.15) is 0 Å². The molecule has 0 rings (SSSR count). The van der Waals surface area contributed by atoms with Gasteiger partial charge in [0.15, 0.2) is 0 Å². The third-order valence-electron chi connectivity index (χ3n) is 5.08. The number of aliphatic hydroxyl groups is 1. The summed E-state index contributed by atoms with van der Waals surface area (Å²) in [6.45, 7) is 24.1. The summed E-state index contributed by atoms with van der Waals surface area (Å²) < 4.78 is 0. The first-order valence-electron chi connectivity index (χ1n) is 8.83. The van der Waals surface area contributed by atoms with E-state index in [9.17, 15) is 5.11 Å². The standard InChI is InChI=1S/C18H40OSi2/c1-11-12-17(19)13-18(20(8,9)10)21(14(2)3,15(4)5)16(6)7/h13-17,19H,11-12H2,1-10H3/b18-13+. The summed E-state index contributed by atoms with van der Waals surface area (Å²) >= 11 is 0. The van der Waals surface area contributed by atoms with Crippen molar-refractivity contribution in [1.29, 1.82) is 0 Å². The van der Waals surface area contributed by atoms with E-state index in [-0.39, 0.29) is 6.10 Å². The summed E-state index contributed by atoms with van der Waals surface area (Å²) in [7, 11) is -3.06. The molecule has 1 unspecified atom stereocenters. The van der Waals surface area contributed by atoms with E-state index in [0.29, 0.717) is 0 Å². The fraction of sp³-hybridized carbons (Fsp3) is 0.889. The van der Waals surface area contributed by atoms with Gasteiger partial charge in [0.05, 0.1) is 22.3 Å². The van der Waals surface area contributed by atoms with E-state index in [1.807, 2.05) is 0 Å². The molecule has 126 valence electrons. The van der Waals surface area contributed by atoms with Gasteiger partial charge in [0, 0.05) is 0 Å². The lowest BCUT2D eigenvalue weighted by molar-refractivity contribution is 0.211. The van der Waals surface area contributed by atoms with Crippen molar-refractivity contribution in [3.63, 3.8) is 0 Å². The third-order valence-corrected chi connectivity index (χ3v) is 17.2. The number of aliphatic hydroxyl groups excluding tert-OH is 1. The second kappa shape index (κ2) is 8.12. The van der Waals surface area contributed by atoms with Crippen LogP contribution in [0.25, 0.3) is 0 Å². The van der Waals surface area contributed by atoms with Gasteiger partial charge in [-0.05, 0) is 23.0 Å². The lowest BCUT2D eigenvalue weighted by Gasteiger charge is -2.49. The van der Waals surface area contributed by atoms with E-state index >= 15 is 0 Å². The average Bonchev–Trinajstić information content (AvgIpc) is 2.25. The van der Waals surface area contributed by atoms with Gasteiger partial charge in [0.25, 0.3) is 0 Å². The minimum absolute atomic E-state index is 0.250. The summed E-state index contributed by atoms with van der Waals surface area (Å²) in [6, 6.07) is 0. The molecule has 0 aromatic heterocycles. The maximum Gasteiger partial charge on any atom is 0.0845 e. The van der Waals surface area contributed by atoms with Crippen LogP contribution in [0, 0.1) is 0 Å². The summed E-state index contributed by atoms with van der Waals surface area (Å²) in [6.07, 6.45) is 4.00. The largest absolute Gasteiger partial charge is 0.389 e. The monoisotopic (exact) mass is 328 g/mol. The Hall–Kier alpha value is 0.134. The third kappa shape index (κ3) is 4.80. The van der Waals surface area contributed by atoms with Gasteiger partial charge in [-0.3, -0.25) is 0 Å². The first-order valence-corrected chi connectivity index (χ1v) is 14.6. The highest BCUT2D eigenvalue weighted by atomic mass is 28.4. The molecule has 0 heterocycles. The van der Waals surface area contributed by atoms with E-state index < -0.39 is 16.1 Å². The van der Waals surface area contributed by atoms with Crippen LogP contribution in [0.15, 0.2) is 10.9 Å². The SMILES string of the molecule is CCCC(O)/C=C(\[Si](C)(C)C)[Si](C(C)C)(C(C)C)C(C)C. The highest BCUT2D eigenvalue weighted by molar-refractivity contribution is 7.07.